The molecule has 2 aromatic heterocycles. The number of aryl methyl sites for hydroxylation is 1. The third-order valence-electron chi connectivity index (χ3n) is 4.01. The summed E-state index contributed by atoms with van der Waals surface area (Å²) >= 11 is 0. The van der Waals surface area contributed by atoms with E-state index in [1.807, 2.05) is 54.2 Å². The van der Waals surface area contributed by atoms with Gasteiger partial charge < -0.3 is 5.32 Å². The molecule has 0 aliphatic rings. The number of aromatic nitrogens is 3. The van der Waals surface area contributed by atoms with Crippen LogP contribution in [0.4, 0.5) is 5.82 Å². The zero-order valence-electron chi connectivity index (χ0n) is 13.5. The molecule has 4 heteroatoms. The van der Waals surface area contributed by atoms with E-state index in [-0.39, 0.29) is 0 Å². The third kappa shape index (κ3) is 2.86. The van der Waals surface area contributed by atoms with Gasteiger partial charge in [0, 0.05) is 36.3 Å². The molecule has 0 amide bonds. The molecule has 1 N–H and O–H groups in total. The van der Waals surface area contributed by atoms with Gasteiger partial charge in [-0.1, -0.05) is 48.5 Å². The lowest BCUT2D eigenvalue weighted by atomic mass is 10.1. The molecule has 0 atom stereocenters. The van der Waals surface area contributed by atoms with Crippen LogP contribution in [0.3, 0.4) is 0 Å². The van der Waals surface area contributed by atoms with Gasteiger partial charge in [-0.05, 0) is 18.2 Å². The zero-order chi connectivity index (χ0) is 16.4. The lowest BCUT2D eigenvalue weighted by molar-refractivity contribution is 0.770. The summed E-state index contributed by atoms with van der Waals surface area (Å²) < 4.78 is 1.85. The van der Waals surface area contributed by atoms with Crippen LogP contribution >= 0.6 is 0 Å². The average molecular weight is 314 g/mol. The maximum absolute atomic E-state index is 4.66. The van der Waals surface area contributed by atoms with Crippen molar-refractivity contribution in [2.45, 2.75) is 6.54 Å². The van der Waals surface area contributed by atoms with Gasteiger partial charge in [-0.25, -0.2) is 4.98 Å². The highest BCUT2D eigenvalue weighted by molar-refractivity contribution is 5.80. The number of anilines is 1. The van der Waals surface area contributed by atoms with Gasteiger partial charge in [-0.15, -0.1) is 0 Å². The predicted octanol–water partition coefficient (Wildman–Crippen LogP) is 4.25. The van der Waals surface area contributed by atoms with Crippen molar-refractivity contribution in [1.82, 2.24) is 14.8 Å². The molecule has 4 aromatic rings. The summed E-state index contributed by atoms with van der Waals surface area (Å²) in [5.74, 6) is 0.872. The van der Waals surface area contributed by atoms with Crippen LogP contribution in [0, 0.1) is 0 Å². The molecule has 0 radical (unpaired) electrons. The molecular weight excluding hydrogens is 296 g/mol. The summed E-state index contributed by atoms with van der Waals surface area (Å²) in [5.41, 5.74) is 4.28. The largest absolute Gasteiger partial charge is 0.366 e. The van der Waals surface area contributed by atoms with E-state index in [2.05, 4.69) is 45.9 Å². The molecule has 0 saturated carbocycles. The summed E-state index contributed by atoms with van der Waals surface area (Å²) in [6.45, 7) is 0.684. The van der Waals surface area contributed by atoms with Gasteiger partial charge in [-0.2, -0.15) is 5.10 Å². The molecule has 0 bridgehead atoms. The van der Waals surface area contributed by atoms with E-state index in [1.54, 1.807) is 0 Å². The number of benzene rings is 2. The number of nitrogens with zero attached hydrogens (tertiary/aromatic N) is 3. The van der Waals surface area contributed by atoms with E-state index in [4.69, 9.17) is 0 Å². The number of hydrogen-bond acceptors (Lipinski definition) is 3. The van der Waals surface area contributed by atoms with Crippen molar-refractivity contribution in [3.8, 4) is 11.3 Å². The minimum Gasteiger partial charge on any atom is -0.366 e. The van der Waals surface area contributed by atoms with Crippen LogP contribution in [0.5, 0.6) is 0 Å². The lowest BCUT2D eigenvalue weighted by Crippen LogP contribution is -2.01. The highest BCUT2D eigenvalue weighted by atomic mass is 15.3. The SMILES string of the molecule is Cn1cc(CNc2ccc3ccccc3n2)c(-c2ccccc2)n1. The lowest BCUT2D eigenvalue weighted by Gasteiger charge is -2.07. The number of para-hydroxylation sites is 1. The Morgan fingerprint density at radius 2 is 1.71 bits per heavy atom. The number of pyridine rings is 1. The normalized spacial score (nSPS) is 10.9. The molecule has 2 heterocycles. The minimum atomic E-state index is 0.684. The Bertz CT molecular complexity index is 973. The van der Waals surface area contributed by atoms with Crippen molar-refractivity contribution in [2.75, 3.05) is 5.32 Å². The van der Waals surface area contributed by atoms with Crippen LogP contribution in [-0.4, -0.2) is 14.8 Å². The quantitative estimate of drug-likeness (QED) is 0.612. The number of hydrogen-bond donors (Lipinski definition) is 1. The number of nitrogens with one attached hydrogen (secondary N) is 1. The Kier molecular flexibility index (Phi) is 3.71. The Labute approximate surface area is 140 Å². The van der Waals surface area contributed by atoms with Gasteiger partial charge in [0.05, 0.1) is 11.2 Å². The molecule has 4 nitrogen and oxygen atoms in total. The van der Waals surface area contributed by atoms with Gasteiger partial charge in [0.15, 0.2) is 0 Å². The molecule has 2 aromatic carbocycles. The van der Waals surface area contributed by atoms with Crippen molar-refractivity contribution < 1.29 is 0 Å². The maximum Gasteiger partial charge on any atom is 0.126 e. The van der Waals surface area contributed by atoms with Crippen LogP contribution in [0.2, 0.25) is 0 Å². The van der Waals surface area contributed by atoms with Gasteiger partial charge >= 0.3 is 0 Å². The molecule has 4 rings (SSSR count). The van der Waals surface area contributed by atoms with Crippen molar-refractivity contribution in [1.29, 1.82) is 0 Å². The maximum atomic E-state index is 4.66. The summed E-state index contributed by atoms with van der Waals surface area (Å²) in [6.07, 6.45) is 2.05. The van der Waals surface area contributed by atoms with Gasteiger partial charge in [0.25, 0.3) is 0 Å². The van der Waals surface area contributed by atoms with Crippen LogP contribution in [0.15, 0.2) is 72.9 Å². The van der Waals surface area contributed by atoms with Crippen LogP contribution in [-0.2, 0) is 13.6 Å². The first-order valence-electron chi connectivity index (χ1n) is 7.97. The van der Waals surface area contributed by atoms with E-state index < -0.39 is 0 Å². The fourth-order valence-corrected chi connectivity index (χ4v) is 2.86. The van der Waals surface area contributed by atoms with E-state index in [0.717, 1.165) is 33.5 Å². The van der Waals surface area contributed by atoms with Gasteiger partial charge in [-0.3, -0.25) is 4.68 Å². The van der Waals surface area contributed by atoms with Crippen LogP contribution in [0.1, 0.15) is 5.56 Å². The molecule has 0 spiro atoms. The van der Waals surface area contributed by atoms with E-state index >= 15 is 0 Å². The topological polar surface area (TPSA) is 42.7 Å². The van der Waals surface area contributed by atoms with E-state index in [9.17, 15) is 0 Å². The highest BCUT2D eigenvalue weighted by Gasteiger charge is 2.10. The second kappa shape index (κ2) is 6.16. The van der Waals surface area contributed by atoms with Crippen molar-refractivity contribution in [2.24, 2.45) is 7.05 Å². The van der Waals surface area contributed by atoms with Crippen molar-refractivity contribution in [3.05, 3.63) is 78.5 Å². The molecule has 0 fully saturated rings. The molecule has 118 valence electrons. The monoisotopic (exact) mass is 314 g/mol. The van der Waals surface area contributed by atoms with Crippen molar-refractivity contribution >= 4 is 16.7 Å². The number of rotatable bonds is 4. The Morgan fingerprint density at radius 1 is 0.917 bits per heavy atom. The average Bonchev–Trinajstić information content (AvgIpc) is 3.01. The predicted molar refractivity (Wildman–Crippen MR) is 97.7 cm³/mol. The first kappa shape index (κ1) is 14.5. The molecule has 0 aliphatic carbocycles. The smallest absolute Gasteiger partial charge is 0.126 e. The second-order valence-corrected chi connectivity index (χ2v) is 5.79. The molecule has 0 aliphatic heterocycles. The van der Waals surface area contributed by atoms with Gasteiger partial charge in [0.2, 0.25) is 0 Å². The summed E-state index contributed by atoms with van der Waals surface area (Å²) in [5, 5.41) is 9.16. The van der Waals surface area contributed by atoms with E-state index in [0.29, 0.717) is 6.54 Å². The third-order valence-corrected chi connectivity index (χ3v) is 4.01. The zero-order valence-corrected chi connectivity index (χ0v) is 13.5. The fraction of sp³-hybridized carbons (Fsp3) is 0.100. The standard InChI is InChI=1S/C20H18N4/c1-24-14-17(20(23-24)16-8-3-2-4-9-16)13-21-19-12-11-15-7-5-6-10-18(15)22-19/h2-12,14H,13H2,1H3,(H,21,22). The first-order valence-corrected chi connectivity index (χ1v) is 7.97. The minimum absolute atomic E-state index is 0.684. The van der Waals surface area contributed by atoms with Gasteiger partial charge in [0.1, 0.15) is 5.82 Å². The van der Waals surface area contributed by atoms with E-state index in [1.165, 1.54) is 0 Å². The van der Waals surface area contributed by atoms with Crippen molar-refractivity contribution in [3.63, 3.8) is 0 Å². The van der Waals surface area contributed by atoms with Crippen LogP contribution in [0.25, 0.3) is 22.2 Å². The molecule has 24 heavy (non-hydrogen) atoms. The second-order valence-electron chi connectivity index (χ2n) is 5.79. The Balaban J connectivity index is 1.59. The molecular formula is C20H18N4. The summed E-state index contributed by atoms with van der Waals surface area (Å²) in [6, 6.07) is 22.5. The van der Waals surface area contributed by atoms with Crippen LogP contribution < -0.4 is 5.32 Å². The molecule has 0 saturated heterocycles. The first-order chi connectivity index (χ1) is 11.8. The molecule has 0 unspecified atom stereocenters. The Morgan fingerprint density at radius 3 is 2.58 bits per heavy atom. The Hall–Kier alpha value is -3.14. The fourth-order valence-electron chi connectivity index (χ4n) is 2.86. The summed E-state index contributed by atoms with van der Waals surface area (Å²) in [4.78, 5) is 4.66. The highest BCUT2D eigenvalue weighted by Crippen LogP contribution is 2.22. The summed E-state index contributed by atoms with van der Waals surface area (Å²) in [7, 11) is 1.95. The number of fused-ring (bicyclic) bond motifs is 1.